The number of rotatable bonds is 7. The minimum absolute atomic E-state index is 0.124. The Morgan fingerprint density at radius 1 is 1.18 bits per heavy atom. The number of anilines is 1. The van der Waals surface area contributed by atoms with E-state index in [9.17, 15) is 9.59 Å². The van der Waals surface area contributed by atoms with E-state index in [0.29, 0.717) is 5.89 Å². The van der Waals surface area contributed by atoms with E-state index in [2.05, 4.69) is 10.2 Å². The molecule has 17 heavy (non-hydrogen) atoms. The van der Waals surface area contributed by atoms with Crippen molar-refractivity contribution in [2.45, 2.75) is 19.8 Å². The minimum atomic E-state index is -0.971. The molecule has 0 spiro atoms. The van der Waals surface area contributed by atoms with Gasteiger partial charge in [0, 0.05) is 20.0 Å². The van der Waals surface area contributed by atoms with Crippen molar-refractivity contribution in [1.29, 1.82) is 0 Å². The van der Waals surface area contributed by atoms with Crippen LogP contribution in [0.1, 0.15) is 18.7 Å². The van der Waals surface area contributed by atoms with Gasteiger partial charge in [-0.05, 0) is 0 Å². The highest BCUT2D eigenvalue weighted by molar-refractivity contribution is 5.68. The van der Waals surface area contributed by atoms with Gasteiger partial charge in [-0.3, -0.25) is 9.59 Å². The smallest absolute Gasteiger partial charge is 0.318 e. The summed E-state index contributed by atoms with van der Waals surface area (Å²) in [6, 6.07) is 0.144. The van der Waals surface area contributed by atoms with Crippen LogP contribution in [0.3, 0.4) is 0 Å². The maximum atomic E-state index is 10.5. The van der Waals surface area contributed by atoms with Gasteiger partial charge in [0.1, 0.15) is 0 Å². The topological polar surface area (TPSA) is 117 Å². The lowest BCUT2D eigenvalue weighted by atomic mass is 10.3. The predicted octanol–water partition coefficient (Wildman–Crippen LogP) is 0.134. The molecule has 0 fully saturated rings. The molecule has 0 atom stereocenters. The maximum Gasteiger partial charge on any atom is 0.318 e. The second-order valence-electron chi connectivity index (χ2n) is 3.38. The molecule has 0 aromatic carbocycles. The standard InChI is InChI=1S/C9H13N3O5/c1-6-10-11-9(17-6)12(4-2-7(13)14)5-3-8(15)16/h2-5H2,1H3,(H,13,14)(H,15,16). The SMILES string of the molecule is Cc1nnc(N(CCC(=O)O)CCC(=O)O)o1. The van der Waals surface area contributed by atoms with Crippen molar-refractivity contribution in [3.8, 4) is 0 Å². The van der Waals surface area contributed by atoms with Crippen molar-refractivity contribution in [2.75, 3.05) is 18.0 Å². The van der Waals surface area contributed by atoms with Crippen LogP contribution in [0, 0.1) is 6.92 Å². The van der Waals surface area contributed by atoms with Crippen LogP contribution >= 0.6 is 0 Å². The Hall–Kier alpha value is -2.12. The van der Waals surface area contributed by atoms with Crippen molar-refractivity contribution in [1.82, 2.24) is 10.2 Å². The molecule has 0 saturated heterocycles. The summed E-state index contributed by atoms with van der Waals surface area (Å²) in [6.45, 7) is 1.86. The molecule has 0 aliphatic carbocycles. The Morgan fingerprint density at radius 3 is 2.06 bits per heavy atom. The molecular formula is C9H13N3O5. The summed E-state index contributed by atoms with van der Waals surface area (Å²) in [7, 11) is 0. The van der Waals surface area contributed by atoms with Crippen molar-refractivity contribution >= 4 is 18.0 Å². The minimum Gasteiger partial charge on any atom is -0.481 e. The average Bonchev–Trinajstić information content (AvgIpc) is 2.64. The fourth-order valence-corrected chi connectivity index (χ4v) is 1.18. The van der Waals surface area contributed by atoms with Gasteiger partial charge in [0.15, 0.2) is 0 Å². The first kappa shape index (κ1) is 12.9. The van der Waals surface area contributed by atoms with Gasteiger partial charge in [-0.15, -0.1) is 5.10 Å². The van der Waals surface area contributed by atoms with Crippen LogP contribution in [0.4, 0.5) is 6.01 Å². The molecule has 0 saturated carbocycles. The zero-order valence-corrected chi connectivity index (χ0v) is 9.29. The summed E-state index contributed by atoms with van der Waals surface area (Å²) >= 11 is 0. The zero-order chi connectivity index (χ0) is 12.8. The van der Waals surface area contributed by atoms with Gasteiger partial charge in [0.25, 0.3) is 0 Å². The maximum absolute atomic E-state index is 10.5. The summed E-state index contributed by atoms with van der Waals surface area (Å²) in [4.78, 5) is 22.4. The molecule has 0 radical (unpaired) electrons. The predicted molar refractivity (Wildman–Crippen MR) is 55.8 cm³/mol. The molecule has 8 nitrogen and oxygen atoms in total. The number of carboxylic acids is 2. The lowest BCUT2D eigenvalue weighted by Crippen LogP contribution is -2.29. The van der Waals surface area contributed by atoms with E-state index in [-0.39, 0.29) is 31.9 Å². The van der Waals surface area contributed by atoms with E-state index in [1.807, 2.05) is 0 Å². The van der Waals surface area contributed by atoms with Gasteiger partial charge in [-0.2, -0.15) is 0 Å². The number of nitrogens with zero attached hydrogens (tertiary/aromatic N) is 3. The van der Waals surface area contributed by atoms with Crippen molar-refractivity contribution in [3.05, 3.63) is 5.89 Å². The van der Waals surface area contributed by atoms with Crippen LogP contribution in [0.25, 0.3) is 0 Å². The van der Waals surface area contributed by atoms with Gasteiger partial charge in [-0.1, -0.05) is 5.10 Å². The Balaban J connectivity index is 2.64. The fraction of sp³-hybridized carbons (Fsp3) is 0.556. The van der Waals surface area contributed by atoms with Crippen LogP contribution in [0.15, 0.2) is 4.42 Å². The zero-order valence-electron chi connectivity index (χ0n) is 9.29. The second kappa shape index (κ2) is 5.83. The molecule has 8 heteroatoms. The first-order valence-corrected chi connectivity index (χ1v) is 4.97. The molecule has 94 valence electrons. The third kappa shape index (κ3) is 4.49. The highest BCUT2D eigenvalue weighted by Crippen LogP contribution is 2.12. The van der Waals surface area contributed by atoms with Crippen LogP contribution in [-0.4, -0.2) is 45.4 Å². The summed E-state index contributed by atoms with van der Waals surface area (Å²) in [5.74, 6) is -1.60. The van der Waals surface area contributed by atoms with Gasteiger partial charge < -0.3 is 19.5 Å². The van der Waals surface area contributed by atoms with Crippen molar-refractivity contribution in [3.63, 3.8) is 0 Å². The molecule has 1 aromatic heterocycles. The van der Waals surface area contributed by atoms with Crippen molar-refractivity contribution < 1.29 is 24.2 Å². The number of hydrogen-bond donors (Lipinski definition) is 2. The molecule has 1 aromatic rings. The molecule has 0 amide bonds. The number of carboxylic acid groups (broad SMARTS) is 2. The number of carbonyl (C=O) groups is 2. The van der Waals surface area contributed by atoms with Crippen LogP contribution in [-0.2, 0) is 9.59 Å². The van der Waals surface area contributed by atoms with Gasteiger partial charge in [0.2, 0.25) is 5.89 Å². The lowest BCUT2D eigenvalue weighted by molar-refractivity contribution is -0.137. The molecule has 1 heterocycles. The Labute approximate surface area is 96.9 Å². The van der Waals surface area contributed by atoms with Crippen LogP contribution < -0.4 is 4.90 Å². The summed E-state index contributed by atoms with van der Waals surface area (Å²) in [5, 5.41) is 24.5. The molecule has 0 aliphatic heterocycles. The molecule has 0 bridgehead atoms. The van der Waals surface area contributed by atoms with E-state index in [0.717, 1.165) is 0 Å². The number of hydrogen-bond acceptors (Lipinski definition) is 6. The molecule has 1 rings (SSSR count). The van der Waals surface area contributed by atoms with E-state index in [4.69, 9.17) is 14.6 Å². The lowest BCUT2D eigenvalue weighted by Gasteiger charge is -2.17. The fourth-order valence-electron chi connectivity index (χ4n) is 1.18. The van der Waals surface area contributed by atoms with Crippen LogP contribution in [0.5, 0.6) is 0 Å². The first-order valence-electron chi connectivity index (χ1n) is 4.97. The third-order valence-electron chi connectivity index (χ3n) is 1.98. The summed E-state index contributed by atoms with van der Waals surface area (Å²) < 4.78 is 5.13. The molecule has 0 aliphatic rings. The van der Waals surface area contributed by atoms with Gasteiger partial charge >= 0.3 is 18.0 Å². The summed E-state index contributed by atoms with van der Waals surface area (Å²) in [6.07, 6.45) is -0.248. The van der Waals surface area contributed by atoms with E-state index in [1.165, 1.54) is 4.90 Å². The quantitative estimate of drug-likeness (QED) is 0.694. The summed E-state index contributed by atoms with van der Waals surface area (Å²) in [5.41, 5.74) is 0. The highest BCUT2D eigenvalue weighted by Gasteiger charge is 2.15. The number of aryl methyl sites for hydroxylation is 1. The van der Waals surface area contributed by atoms with E-state index in [1.54, 1.807) is 6.92 Å². The highest BCUT2D eigenvalue weighted by atomic mass is 16.4. The van der Waals surface area contributed by atoms with Gasteiger partial charge in [0.05, 0.1) is 12.8 Å². The normalized spacial score (nSPS) is 10.2. The van der Waals surface area contributed by atoms with Gasteiger partial charge in [-0.25, -0.2) is 0 Å². The number of aliphatic carboxylic acids is 2. The van der Waals surface area contributed by atoms with E-state index >= 15 is 0 Å². The average molecular weight is 243 g/mol. The molecule has 0 unspecified atom stereocenters. The Bertz CT molecular complexity index is 385. The molecular weight excluding hydrogens is 230 g/mol. The molecule has 2 N–H and O–H groups in total. The monoisotopic (exact) mass is 243 g/mol. The van der Waals surface area contributed by atoms with Crippen molar-refractivity contribution in [2.24, 2.45) is 0 Å². The third-order valence-corrected chi connectivity index (χ3v) is 1.98. The van der Waals surface area contributed by atoms with E-state index < -0.39 is 11.9 Å². The first-order chi connectivity index (χ1) is 7.99. The largest absolute Gasteiger partial charge is 0.481 e. The number of aromatic nitrogens is 2. The second-order valence-corrected chi connectivity index (χ2v) is 3.38. The Morgan fingerprint density at radius 2 is 1.71 bits per heavy atom. The Kier molecular flexibility index (Phi) is 4.44. The van der Waals surface area contributed by atoms with Crippen LogP contribution in [0.2, 0.25) is 0 Å².